The minimum atomic E-state index is 0.151. The van der Waals surface area contributed by atoms with Gasteiger partial charge in [-0.25, -0.2) is 4.98 Å². The van der Waals surface area contributed by atoms with Gasteiger partial charge < -0.3 is 9.88 Å². The third-order valence-corrected chi connectivity index (χ3v) is 2.37. The van der Waals surface area contributed by atoms with Gasteiger partial charge in [0.25, 0.3) is 0 Å². The zero-order valence-corrected chi connectivity index (χ0v) is 10.8. The van der Waals surface area contributed by atoms with E-state index in [1.807, 2.05) is 12.5 Å². The van der Waals surface area contributed by atoms with E-state index in [0.29, 0.717) is 0 Å². The maximum Gasteiger partial charge on any atom is 0.0948 e. The van der Waals surface area contributed by atoms with Crippen molar-refractivity contribution in [1.82, 2.24) is 14.9 Å². The highest BCUT2D eigenvalue weighted by Gasteiger charge is 2.10. The number of aryl methyl sites for hydroxylation is 1. The van der Waals surface area contributed by atoms with Gasteiger partial charge in [0.1, 0.15) is 0 Å². The highest BCUT2D eigenvalue weighted by Crippen LogP contribution is 2.05. The molecule has 0 saturated heterocycles. The molecular formula is C13H23N3. The second-order valence-electron chi connectivity index (χ2n) is 5.04. The standard InChI is InChI=1S/C13H23N3/c1-5-6-7-8-16-11-14-9-12(16)10-15-13(2,3)4/h5-6,9,11,15H,7-8,10H2,1-4H3/b6-5+. The minimum absolute atomic E-state index is 0.151. The van der Waals surface area contributed by atoms with Crippen molar-refractivity contribution in [2.24, 2.45) is 0 Å². The molecule has 1 N–H and O–H groups in total. The summed E-state index contributed by atoms with van der Waals surface area (Å²) in [6.07, 6.45) is 9.18. The molecule has 0 saturated carbocycles. The summed E-state index contributed by atoms with van der Waals surface area (Å²) in [5.41, 5.74) is 1.40. The van der Waals surface area contributed by atoms with Crippen molar-refractivity contribution in [3.63, 3.8) is 0 Å². The SMILES string of the molecule is C/C=C/CCn1cncc1CNC(C)(C)C. The topological polar surface area (TPSA) is 29.9 Å². The minimum Gasteiger partial charge on any atom is -0.333 e. The van der Waals surface area contributed by atoms with Crippen molar-refractivity contribution >= 4 is 0 Å². The molecule has 0 unspecified atom stereocenters. The third kappa shape index (κ3) is 4.62. The molecule has 1 aromatic rings. The van der Waals surface area contributed by atoms with Gasteiger partial charge in [-0.2, -0.15) is 0 Å². The molecule has 90 valence electrons. The predicted octanol–water partition coefficient (Wildman–Crippen LogP) is 2.74. The average Bonchev–Trinajstić information content (AvgIpc) is 2.62. The van der Waals surface area contributed by atoms with E-state index in [2.05, 4.69) is 54.7 Å². The normalized spacial score (nSPS) is 12.5. The second-order valence-corrected chi connectivity index (χ2v) is 5.04. The highest BCUT2D eigenvalue weighted by atomic mass is 15.1. The van der Waals surface area contributed by atoms with Crippen LogP contribution in [0.3, 0.4) is 0 Å². The molecule has 1 rings (SSSR count). The van der Waals surface area contributed by atoms with Crippen LogP contribution in [0.2, 0.25) is 0 Å². The van der Waals surface area contributed by atoms with Gasteiger partial charge in [0, 0.05) is 24.8 Å². The first-order valence-electron chi connectivity index (χ1n) is 5.88. The monoisotopic (exact) mass is 221 g/mol. The Labute approximate surface area is 98.6 Å². The molecule has 0 aliphatic carbocycles. The van der Waals surface area contributed by atoms with Crippen LogP contribution >= 0.6 is 0 Å². The predicted molar refractivity (Wildman–Crippen MR) is 68.3 cm³/mol. The number of nitrogens with one attached hydrogen (secondary N) is 1. The molecule has 0 bridgehead atoms. The zero-order chi connectivity index (χ0) is 12.0. The van der Waals surface area contributed by atoms with Crippen molar-refractivity contribution in [2.45, 2.75) is 52.7 Å². The first-order valence-corrected chi connectivity index (χ1v) is 5.88. The lowest BCUT2D eigenvalue weighted by Gasteiger charge is -2.20. The Morgan fingerprint density at radius 2 is 2.19 bits per heavy atom. The summed E-state index contributed by atoms with van der Waals surface area (Å²) in [5.74, 6) is 0. The fourth-order valence-electron chi connectivity index (χ4n) is 1.43. The molecule has 16 heavy (non-hydrogen) atoms. The molecule has 1 aromatic heterocycles. The van der Waals surface area contributed by atoms with Crippen LogP contribution in [0.1, 0.15) is 39.8 Å². The lowest BCUT2D eigenvalue weighted by Crippen LogP contribution is -2.35. The van der Waals surface area contributed by atoms with Gasteiger partial charge in [-0.15, -0.1) is 0 Å². The summed E-state index contributed by atoms with van der Waals surface area (Å²) in [4.78, 5) is 4.20. The second kappa shape index (κ2) is 5.85. The molecular weight excluding hydrogens is 198 g/mol. The summed E-state index contributed by atoms with van der Waals surface area (Å²) in [6.45, 7) is 10.5. The molecule has 0 amide bonds. The molecule has 0 radical (unpaired) electrons. The van der Waals surface area contributed by atoms with Gasteiger partial charge >= 0.3 is 0 Å². The fraction of sp³-hybridized carbons (Fsp3) is 0.615. The lowest BCUT2D eigenvalue weighted by atomic mass is 10.1. The van der Waals surface area contributed by atoms with E-state index >= 15 is 0 Å². The summed E-state index contributed by atoms with van der Waals surface area (Å²) in [6, 6.07) is 0. The molecule has 0 spiro atoms. The van der Waals surface area contributed by atoms with Crippen LogP contribution in [0.4, 0.5) is 0 Å². The van der Waals surface area contributed by atoms with Crippen LogP contribution in [-0.2, 0) is 13.1 Å². The van der Waals surface area contributed by atoms with Gasteiger partial charge in [0.2, 0.25) is 0 Å². The Kier molecular flexibility index (Phi) is 4.74. The highest BCUT2D eigenvalue weighted by molar-refractivity contribution is 4.99. The number of allylic oxidation sites excluding steroid dienone is 2. The maximum absolute atomic E-state index is 4.20. The van der Waals surface area contributed by atoms with Crippen molar-refractivity contribution in [3.8, 4) is 0 Å². The summed E-state index contributed by atoms with van der Waals surface area (Å²) in [7, 11) is 0. The molecule has 0 fully saturated rings. The number of nitrogens with zero attached hydrogens (tertiary/aromatic N) is 2. The van der Waals surface area contributed by atoms with Crippen molar-refractivity contribution in [1.29, 1.82) is 0 Å². The summed E-state index contributed by atoms with van der Waals surface area (Å²) in [5, 5.41) is 3.48. The Morgan fingerprint density at radius 1 is 1.44 bits per heavy atom. The number of aromatic nitrogens is 2. The molecule has 0 aromatic carbocycles. The molecule has 3 heteroatoms. The van der Waals surface area contributed by atoms with E-state index in [4.69, 9.17) is 0 Å². The van der Waals surface area contributed by atoms with E-state index in [1.165, 1.54) is 5.69 Å². The van der Waals surface area contributed by atoms with Gasteiger partial charge in [-0.1, -0.05) is 12.2 Å². The largest absolute Gasteiger partial charge is 0.333 e. The number of rotatable bonds is 5. The number of hydrogen-bond donors (Lipinski definition) is 1. The molecule has 0 atom stereocenters. The molecule has 0 aliphatic rings. The van der Waals surface area contributed by atoms with Crippen LogP contribution in [-0.4, -0.2) is 15.1 Å². The summed E-state index contributed by atoms with van der Waals surface area (Å²) >= 11 is 0. The van der Waals surface area contributed by atoms with E-state index in [-0.39, 0.29) is 5.54 Å². The maximum atomic E-state index is 4.20. The Hall–Kier alpha value is -1.09. The fourth-order valence-corrected chi connectivity index (χ4v) is 1.43. The van der Waals surface area contributed by atoms with E-state index in [9.17, 15) is 0 Å². The van der Waals surface area contributed by atoms with Crippen LogP contribution in [0, 0.1) is 0 Å². The first-order chi connectivity index (χ1) is 7.53. The van der Waals surface area contributed by atoms with E-state index in [1.54, 1.807) is 0 Å². The van der Waals surface area contributed by atoms with Gasteiger partial charge in [-0.05, 0) is 34.1 Å². The quantitative estimate of drug-likeness (QED) is 0.775. The Morgan fingerprint density at radius 3 is 2.81 bits per heavy atom. The molecule has 3 nitrogen and oxygen atoms in total. The smallest absolute Gasteiger partial charge is 0.0948 e. The van der Waals surface area contributed by atoms with Gasteiger partial charge in [0.05, 0.1) is 12.0 Å². The Bertz CT molecular complexity index is 331. The first kappa shape index (κ1) is 13.0. The lowest BCUT2D eigenvalue weighted by molar-refractivity contribution is 0.415. The molecule has 1 heterocycles. The van der Waals surface area contributed by atoms with Crippen molar-refractivity contribution in [2.75, 3.05) is 0 Å². The zero-order valence-electron chi connectivity index (χ0n) is 10.8. The summed E-state index contributed by atoms with van der Waals surface area (Å²) < 4.78 is 2.21. The average molecular weight is 221 g/mol. The molecule has 0 aliphatic heterocycles. The number of hydrogen-bond acceptors (Lipinski definition) is 2. The number of imidazole rings is 1. The van der Waals surface area contributed by atoms with Crippen molar-refractivity contribution in [3.05, 3.63) is 30.4 Å². The van der Waals surface area contributed by atoms with Crippen LogP contribution in [0.5, 0.6) is 0 Å². The Balaban J connectivity index is 2.50. The van der Waals surface area contributed by atoms with Crippen LogP contribution in [0.15, 0.2) is 24.7 Å². The third-order valence-electron chi connectivity index (χ3n) is 2.37. The van der Waals surface area contributed by atoms with Gasteiger partial charge in [0.15, 0.2) is 0 Å². The van der Waals surface area contributed by atoms with Crippen LogP contribution < -0.4 is 5.32 Å². The van der Waals surface area contributed by atoms with E-state index < -0.39 is 0 Å². The van der Waals surface area contributed by atoms with Crippen molar-refractivity contribution < 1.29 is 0 Å². The van der Waals surface area contributed by atoms with Crippen LogP contribution in [0.25, 0.3) is 0 Å². The van der Waals surface area contributed by atoms with Gasteiger partial charge in [-0.3, -0.25) is 0 Å². The van der Waals surface area contributed by atoms with E-state index in [0.717, 1.165) is 19.5 Å².